The molecule has 5 fully saturated rings. The van der Waals surface area contributed by atoms with Gasteiger partial charge in [0.25, 0.3) is 17.7 Å². The Morgan fingerprint density at radius 3 is 2.41 bits per heavy atom. The van der Waals surface area contributed by atoms with Crippen molar-refractivity contribution < 1.29 is 23.0 Å². The van der Waals surface area contributed by atoms with Crippen LogP contribution in [0, 0.1) is 5.41 Å². The molecule has 2 saturated heterocycles. The molecule has 10 heteroatoms. The number of fused-ring (bicyclic) bond motifs is 3. The van der Waals surface area contributed by atoms with E-state index in [0.717, 1.165) is 68.6 Å². The number of benzene rings is 1. The molecule has 0 radical (unpaired) electrons. The third-order valence-corrected chi connectivity index (χ3v) is 8.77. The molecular formula is C29H32FN5O4. The molecular weight excluding hydrogens is 501 g/mol. The summed E-state index contributed by atoms with van der Waals surface area (Å²) in [7, 11) is 0. The first kappa shape index (κ1) is 24.6. The fourth-order valence-corrected chi connectivity index (χ4v) is 5.86. The summed E-state index contributed by atoms with van der Waals surface area (Å²) >= 11 is 0. The summed E-state index contributed by atoms with van der Waals surface area (Å²) in [6.45, 7) is 4.17. The highest BCUT2D eigenvalue weighted by Crippen LogP contribution is 2.54. The molecule has 4 heterocycles. The Hall–Kier alpha value is -3.40. The zero-order valence-electron chi connectivity index (χ0n) is 21.9. The van der Waals surface area contributed by atoms with Crippen LogP contribution in [0.15, 0.2) is 45.5 Å². The van der Waals surface area contributed by atoms with E-state index in [1.807, 2.05) is 24.3 Å². The van der Waals surface area contributed by atoms with Gasteiger partial charge in [0.2, 0.25) is 0 Å². The van der Waals surface area contributed by atoms with Crippen LogP contribution in [0.5, 0.6) is 0 Å². The van der Waals surface area contributed by atoms with E-state index in [4.69, 9.17) is 13.8 Å². The predicted molar refractivity (Wildman–Crippen MR) is 139 cm³/mol. The molecule has 39 heavy (non-hydrogen) atoms. The third-order valence-electron chi connectivity index (χ3n) is 8.77. The molecule has 9 nitrogen and oxygen atoms in total. The Kier molecular flexibility index (Phi) is 5.91. The van der Waals surface area contributed by atoms with Crippen LogP contribution < -0.4 is 4.90 Å². The minimum absolute atomic E-state index is 0.00344. The lowest BCUT2D eigenvalue weighted by Crippen LogP contribution is -2.54. The van der Waals surface area contributed by atoms with Crippen molar-refractivity contribution in [2.45, 2.75) is 75.2 Å². The molecule has 0 unspecified atom stereocenters. The van der Waals surface area contributed by atoms with E-state index >= 15 is 0 Å². The van der Waals surface area contributed by atoms with Gasteiger partial charge in [0, 0.05) is 47.0 Å². The number of nitrogens with zero attached hydrogens (tertiary/aromatic N) is 5. The van der Waals surface area contributed by atoms with Gasteiger partial charge in [-0.1, -0.05) is 23.0 Å². The average Bonchev–Trinajstić information content (AvgIpc) is 3.91. The molecule has 204 valence electrons. The number of hydrogen-bond donors (Lipinski definition) is 0. The molecule has 0 atom stereocenters. The van der Waals surface area contributed by atoms with Crippen LogP contribution in [-0.4, -0.2) is 46.0 Å². The number of anilines is 1. The summed E-state index contributed by atoms with van der Waals surface area (Å²) < 4.78 is 30.9. The number of hydrogen-bond acceptors (Lipinski definition) is 8. The normalized spacial score (nSPS) is 26.1. The molecule has 2 aliphatic heterocycles. The van der Waals surface area contributed by atoms with Crippen LogP contribution in [0.2, 0.25) is 0 Å². The van der Waals surface area contributed by atoms with Gasteiger partial charge >= 0.3 is 0 Å². The Morgan fingerprint density at radius 2 is 1.74 bits per heavy atom. The number of ether oxygens (including phenoxy) is 1. The van der Waals surface area contributed by atoms with E-state index < -0.39 is 12.3 Å². The van der Waals surface area contributed by atoms with Gasteiger partial charge in [-0.3, -0.25) is 9.18 Å². The maximum Gasteiger partial charge on any atom is 0.258 e. The largest absolute Gasteiger partial charge is 0.364 e. The minimum atomic E-state index is -0.631. The summed E-state index contributed by atoms with van der Waals surface area (Å²) in [5.74, 6) is 3.06. The molecule has 1 amide bonds. The van der Waals surface area contributed by atoms with E-state index in [1.165, 1.54) is 0 Å². The number of amides is 1. The van der Waals surface area contributed by atoms with Crippen molar-refractivity contribution >= 4 is 11.6 Å². The Balaban J connectivity index is 1.14. The molecule has 3 aliphatic carbocycles. The maximum absolute atomic E-state index is 13.6. The Morgan fingerprint density at radius 1 is 1.03 bits per heavy atom. The smallest absolute Gasteiger partial charge is 0.258 e. The summed E-state index contributed by atoms with van der Waals surface area (Å²) in [6.07, 6.45) is 7.58. The third kappa shape index (κ3) is 4.58. The SMILES string of the molecule is C=C(CCF)C(=O)N(CC12CCC(c3nc(C4CC4)no3)(CC1)OC2)c1cccc(-c2nc(C3CC3)no2)c1. The number of carbonyl (C=O) groups is 1. The second-order valence-electron chi connectivity index (χ2n) is 11.7. The van der Waals surface area contributed by atoms with Gasteiger partial charge in [-0.05, 0) is 69.6 Å². The Bertz CT molecular complexity index is 1380. The fraction of sp³-hybridized carbons (Fsp3) is 0.552. The fourth-order valence-electron chi connectivity index (χ4n) is 5.86. The molecule has 8 rings (SSSR count). The lowest BCUT2D eigenvalue weighted by Gasteiger charge is -2.52. The van der Waals surface area contributed by atoms with E-state index in [0.29, 0.717) is 42.5 Å². The van der Waals surface area contributed by atoms with Gasteiger partial charge in [0.05, 0.1) is 13.3 Å². The number of rotatable bonds is 10. The minimum Gasteiger partial charge on any atom is -0.364 e. The van der Waals surface area contributed by atoms with E-state index in [2.05, 4.69) is 26.9 Å². The molecule has 3 aromatic rings. The highest BCUT2D eigenvalue weighted by Gasteiger charge is 2.54. The summed E-state index contributed by atoms with van der Waals surface area (Å²) in [5.41, 5.74) is 0.876. The van der Waals surface area contributed by atoms with Crippen molar-refractivity contribution in [3.63, 3.8) is 0 Å². The quantitative estimate of drug-likeness (QED) is 0.310. The molecule has 0 spiro atoms. The summed E-state index contributed by atoms with van der Waals surface area (Å²) in [6, 6.07) is 7.53. The second kappa shape index (κ2) is 9.36. The highest BCUT2D eigenvalue weighted by atomic mass is 19.1. The average molecular weight is 534 g/mol. The van der Waals surface area contributed by atoms with Crippen LogP contribution in [0.4, 0.5) is 10.1 Å². The van der Waals surface area contributed by atoms with Crippen LogP contribution >= 0.6 is 0 Å². The standard InChI is InChI=1S/C29H32FN5O4/c1-18(9-14-30)26(36)35(22-4-2-3-21(15-22)25-31-23(33-38-25)19-5-6-19)16-28-10-12-29(13-11-28,37-17-28)27-32-24(34-39-27)20-7-8-20/h2-4,15,19-20H,1,5-14,16-17H2. The number of carbonyl (C=O) groups excluding carboxylic acids is 1. The molecule has 0 N–H and O–H groups in total. The van der Waals surface area contributed by atoms with Crippen LogP contribution in [0.25, 0.3) is 11.5 Å². The number of aromatic nitrogens is 4. The van der Waals surface area contributed by atoms with Crippen LogP contribution in [0.3, 0.4) is 0 Å². The van der Waals surface area contributed by atoms with Crippen molar-refractivity contribution in [3.05, 3.63) is 54.0 Å². The molecule has 2 bridgehead atoms. The van der Waals surface area contributed by atoms with Gasteiger partial charge in [0.1, 0.15) is 5.60 Å². The molecule has 1 aromatic carbocycles. The lowest BCUT2D eigenvalue weighted by atomic mass is 9.65. The zero-order valence-corrected chi connectivity index (χ0v) is 21.9. The molecule has 3 saturated carbocycles. The van der Waals surface area contributed by atoms with Gasteiger partial charge in [-0.2, -0.15) is 9.97 Å². The van der Waals surface area contributed by atoms with Crippen molar-refractivity contribution in [2.75, 3.05) is 24.7 Å². The van der Waals surface area contributed by atoms with E-state index in [1.54, 1.807) is 4.90 Å². The first-order valence-corrected chi connectivity index (χ1v) is 14.0. The van der Waals surface area contributed by atoms with Gasteiger partial charge in [-0.15, -0.1) is 0 Å². The van der Waals surface area contributed by atoms with Gasteiger partial charge < -0.3 is 18.7 Å². The number of alkyl halides is 1. The van der Waals surface area contributed by atoms with Crippen molar-refractivity contribution in [2.24, 2.45) is 5.41 Å². The van der Waals surface area contributed by atoms with Crippen molar-refractivity contribution in [1.82, 2.24) is 20.3 Å². The monoisotopic (exact) mass is 533 g/mol. The second-order valence-corrected chi connectivity index (χ2v) is 11.7. The first-order chi connectivity index (χ1) is 19.0. The number of halogens is 1. The van der Waals surface area contributed by atoms with E-state index in [9.17, 15) is 9.18 Å². The van der Waals surface area contributed by atoms with Gasteiger partial charge in [-0.25, -0.2) is 0 Å². The summed E-state index contributed by atoms with van der Waals surface area (Å²) in [5, 5.41) is 8.33. The van der Waals surface area contributed by atoms with Crippen LogP contribution in [0.1, 0.15) is 87.2 Å². The van der Waals surface area contributed by atoms with Crippen molar-refractivity contribution in [3.8, 4) is 11.5 Å². The first-order valence-electron chi connectivity index (χ1n) is 14.0. The van der Waals surface area contributed by atoms with Gasteiger partial charge in [0.15, 0.2) is 11.6 Å². The maximum atomic E-state index is 13.6. The Labute approximate surface area is 225 Å². The zero-order chi connectivity index (χ0) is 26.6. The highest BCUT2D eigenvalue weighted by molar-refractivity contribution is 6.05. The molecule has 5 aliphatic rings. The van der Waals surface area contributed by atoms with Crippen molar-refractivity contribution in [1.29, 1.82) is 0 Å². The lowest BCUT2D eigenvalue weighted by molar-refractivity contribution is -0.198. The summed E-state index contributed by atoms with van der Waals surface area (Å²) in [4.78, 5) is 24.6. The topological polar surface area (TPSA) is 107 Å². The van der Waals surface area contributed by atoms with E-state index in [-0.39, 0.29) is 23.3 Å². The predicted octanol–water partition coefficient (Wildman–Crippen LogP) is 5.61. The van der Waals surface area contributed by atoms with Crippen LogP contribution in [-0.2, 0) is 15.1 Å². The molecule has 2 aromatic heterocycles.